The quantitative estimate of drug-likeness (QED) is 0.440. The summed E-state index contributed by atoms with van der Waals surface area (Å²) in [6.07, 6.45) is 1.07. The first-order valence-corrected chi connectivity index (χ1v) is 10.2. The van der Waals surface area contributed by atoms with Gasteiger partial charge < -0.3 is 0 Å². The fraction of sp³-hybridized carbons (Fsp3) is 0.318. The van der Waals surface area contributed by atoms with E-state index in [1.54, 1.807) is 10.6 Å². The molecule has 0 fully saturated rings. The molecule has 0 bridgehead atoms. The summed E-state index contributed by atoms with van der Waals surface area (Å²) in [5, 5.41) is 10.3. The largest absolute Gasteiger partial charge is 0.268 e. The van der Waals surface area contributed by atoms with Crippen molar-refractivity contribution in [3.63, 3.8) is 0 Å². The zero-order valence-corrected chi connectivity index (χ0v) is 16.7. The fourth-order valence-corrected chi connectivity index (χ4v) is 3.82. The summed E-state index contributed by atoms with van der Waals surface area (Å²) in [5.74, 6) is 0.960. The summed E-state index contributed by atoms with van der Waals surface area (Å²) in [4.78, 5) is 17.9. The van der Waals surface area contributed by atoms with E-state index >= 15 is 0 Å². The number of nitrogens with zero attached hydrogens (tertiary/aromatic N) is 3. The van der Waals surface area contributed by atoms with E-state index in [4.69, 9.17) is 10.2 Å². The van der Waals surface area contributed by atoms with Gasteiger partial charge in [-0.25, -0.2) is 4.98 Å². The molecule has 1 aromatic heterocycles. The van der Waals surface area contributed by atoms with Crippen molar-refractivity contribution in [3.05, 3.63) is 64.4 Å². The van der Waals surface area contributed by atoms with E-state index in [0.29, 0.717) is 27.7 Å². The van der Waals surface area contributed by atoms with Gasteiger partial charge in [0.2, 0.25) is 0 Å². The van der Waals surface area contributed by atoms with Crippen molar-refractivity contribution in [1.29, 1.82) is 5.26 Å². The molecule has 2 aromatic carbocycles. The van der Waals surface area contributed by atoms with E-state index in [1.807, 2.05) is 37.3 Å². The Kier molecular flexibility index (Phi) is 5.98. The molecule has 138 valence electrons. The Morgan fingerprint density at radius 1 is 1.15 bits per heavy atom. The van der Waals surface area contributed by atoms with E-state index in [-0.39, 0.29) is 11.5 Å². The Balaban J connectivity index is 2.13. The minimum absolute atomic E-state index is 0.0796. The van der Waals surface area contributed by atoms with Gasteiger partial charge in [0.1, 0.15) is 0 Å². The Bertz CT molecular complexity index is 1030. The highest BCUT2D eigenvalue weighted by Crippen LogP contribution is 2.25. The van der Waals surface area contributed by atoms with Crippen molar-refractivity contribution in [3.8, 4) is 11.8 Å². The number of hydrogen-bond acceptors (Lipinski definition) is 4. The van der Waals surface area contributed by atoms with E-state index < -0.39 is 0 Å². The van der Waals surface area contributed by atoms with Crippen molar-refractivity contribution in [1.82, 2.24) is 9.55 Å². The third-order valence-electron chi connectivity index (χ3n) is 4.76. The first-order chi connectivity index (χ1) is 13.0. The first-order valence-electron chi connectivity index (χ1n) is 9.19. The highest BCUT2D eigenvalue weighted by Gasteiger charge is 2.15. The highest BCUT2D eigenvalue weighted by molar-refractivity contribution is 7.99. The molecule has 0 saturated carbocycles. The predicted octanol–water partition coefficient (Wildman–Crippen LogP) is 5.15. The van der Waals surface area contributed by atoms with Gasteiger partial charge in [-0.3, -0.25) is 9.36 Å². The summed E-state index contributed by atoms with van der Waals surface area (Å²) < 4.78 is 1.66. The van der Waals surface area contributed by atoms with Crippen molar-refractivity contribution in [2.45, 2.75) is 38.3 Å². The van der Waals surface area contributed by atoms with Crippen LogP contribution in [0.2, 0.25) is 0 Å². The SMILES string of the molecule is CC[C@@H](C)c1ccc(-n2c(SC[C@@H](C)C#N)nc3ccccc3c2=O)cc1. The maximum absolute atomic E-state index is 13.2. The zero-order valence-electron chi connectivity index (χ0n) is 15.8. The molecule has 3 aromatic rings. The van der Waals surface area contributed by atoms with Crippen LogP contribution < -0.4 is 5.56 Å². The monoisotopic (exact) mass is 377 g/mol. The standard InChI is InChI=1S/C22H23N3OS/c1-4-16(3)17-9-11-18(12-10-17)25-21(26)19-7-5-6-8-20(19)24-22(25)27-14-15(2)13-23/h5-12,15-16H,4,14H2,1-3H3/t15-,16+/m0/s1. The number of thioether (sulfide) groups is 1. The van der Waals surface area contributed by atoms with Crippen LogP contribution in [0.1, 0.15) is 38.7 Å². The van der Waals surface area contributed by atoms with Gasteiger partial charge in [-0.2, -0.15) is 5.26 Å². The summed E-state index contributed by atoms with van der Waals surface area (Å²) in [6.45, 7) is 6.24. The smallest absolute Gasteiger partial charge is 0.266 e. The Morgan fingerprint density at radius 2 is 1.85 bits per heavy atom. The molecular weight excluding hydrogens is 354 g/mol. The van der Waals surface area contributed by atoms with E-state index in [2.05, 4.69) is 32.0 Å². The molecule has 0 unspecified atom stereocenters. The van der Waals surface area contributed by atoms with Gasteiger partial charge in [-0.15, -0.1) is 0 Å². The third-order valence-corrected chi connectivity index (χ3v) is 5.96. The van der Waals surface area contributed by atoms with E-state index in [0.717, 1.165) is 12.1 Å². The third kappa shape index (κ3) is 4.06. The average Bonchev–Trinajstić information content (AvgIpc) is 2.71. The maximum Gasteiger partial charge on any atom is 0.266 e. The second-order valence-corrected chi connectivity index (χ2v) is 7.78. The van der Waals surface area contributed by atoms with Crippen LogP contribution in [0.15, 0.2) is 58.5 Å². The molecule has 5 heteroatoms. The first kappa shape index (κ1) is 19.2. The van der Waals surface area contributed by atoms with Crippen LogP contribution in [-0.2, 0) is 0 Å². The van der Waals surface area contributed by atoms with E-state index in [9.17, 15) is 4.79 Å². The van der Waals surface area contributed by atoms with Crippen LogP contribution in [-0.4, -0.2) is 15.3 Å². The molecule has 0 aliphatic carbocycles. The van der Waals surface area contributed by atoms with Crippen LogP contribution in [0.4, 0.5) is 0 Å². The van der Waals surface area contributed by atoms with Crippen molar-refractivity contribution >= 4 is 22.7 Å². The number of benzene rings is 2. The lowest BCUT2D eigenvalue weighted by molar-refractivity contribution is 0.732. The molecule has 3 rings (SSSR count). The normalized spacial score (nSPS) is 13.3. The Hall–Kier alpha value is -2.58. The van der Waals surface area contributed by atoms with Crippen molar-refractivity contribution < 1.29 is 0 Å². The summed E-state index contributed by atoms with van der Waals surface area (Å²) >= 11 is 1.45. The van der Waals surface area contributed by atoms with Gasteiger partial charge in [-0.1, -0.05) is 49.9 Å². The van der Waals surface area contributed by atoms with Crippen LogP contribution in [0.5, 0.6) is 0 Å². The van der Waals surface area contributed by atoms with Gasteiger partial charge in [0, 0.05) is 5.75 Å². The molecule has 27 heavy (non-hydrogen) atoms. The molecule has 0 aliphatic heterocycles. The summed E-state index contributed by atoms with van der Waals surface area (Å²) in [5.41, 5.74) is 2.67. The topological polar surface area (TPSA) is 58.7 Å². The van der Waals surface area contributed by atoms with Crippen LogP contribution in [0.25, 0.3) is 16.6 Å². The van der Waals surface area contributed by atoms with Gasteiger partial charge in [0.25, 0.3) is 5.56 Å². The van der Waals surface area contributed by atoms with Crippen LogP contribution in [0, 0.1) is 17.2 Å². The van der Waals surface area contributed by atoms with Crippen molar-refractivity contribution in [2.24, 2.45) is 5.92 Å². The maximum atomic E-state index is 13.2. The fourth-order valence-electron chi connectivity index (χ4n) is 2.86. The average molecular weight is 378 g/mol. The lowest BCUT2D eigenvalue weighted by atomic mass is 9.98. The van der Waals surface area contributed by atoms with Crippen LogP contribution in [0.3, 0.4) is 0 Å². The molecule has 1 heterocycles. The second-order valence-electron chi connectivity index (χ2n) is 6.79. The van der Waals surface area contributed by atoms with Crippen LogP contribution >= 0.6 is 11.8 Å². The molecule has 0 N–H and O–H groups in total. The van der Waals surface area contributed by atoms with Gasteiger partial charge in [0.05, 0.1) is 28.6 Å². The Morgan fingerprint density at radius 3 is 2.52 bits per heavy atom. The number of rotatable bonds is 6. The number of para-hydroxylation sites is 1. The lowest BCUT2D eigenvalue weighted by Gasteiger charge is -2.15. The number of hydrogen-bond donors (Lipinski definition) is 0. The Labute approximate surface area is 163 Å². The zero-order chi connectivity index (χ0) is 19.4. The highest BCUT2D eigenvalue weighted by atomic mass is 32.2. The number of fused-ring (bicyclic) bond motifs is 1. The van der Waals surface area contributed by atoms with Gasteiger partial charge in [-0.05, 0) is 49.1 Å². The van der Waals surface area contributed by atoms with Crippen molar-refractivity contribution in [2.75, 3.05) is 5.75 Å². The van der Waals surface area contributed by atoms with E-state index in [1.165, 1.54) is 17.3 Å². The molecule has 2 atom stereocenters. The molecule has 0 radical (unpaired) electrons. The molecule has 0 aliphatic rings. The molecule has 4 nitrogen and oxygen atoms in total. The minimum atomic E-state index is -0.111. The predicted molar refractivity (Wildman–Crippen MR) is 112 cm³/mol. The number of nitriles is 1. The minimum Gasteiger partial charge on any atom is -0.268 e. The molecular formula is C22H23N3OS. The van der Waals surface area contributed by atoms with Gasteiger partial charge in [0.15, 0.2) is 5.16 Å². The molecule has 0 amide bonds. The second kappa shape index (κ2) is 8.41. The molecule has 0 spiro atoms. The van der Waals surface area contributed by atoms with Gasteiger partial charge >= 0.3 is 0 Å². The summed E-state index contributed by atoms with van der Waals surface area (Å²) in [7, 11) is 0. The number of aromatic nitrogens is 2. The molecule has 0 saturated heterocycles. The lowest BCUT2D eigenvalue weighted by Crippen LogP contribution is -2.22. The summed E-state index contributed by atoms with van der Waals surface area (Å²) in [6, 6.07) is 17.8.